The SMILES string of the molecule is COc1cc(N)ccc1C(=O)NCCc1cscn1. The monoisotopic (exact) mass is 277 g/mol. The van der Waals surface area contributed by atoms with E-state index in [2.05, 4.69) is 10.3 Å². The smallest absolute Gasteiger partial charge is 0.255 e. The molecule has 0 aliphatic rings. The third-order valence-corrected chi connectivity index (χ3v) is 3.26. The predicted octanol–water partition coefficient (Wildman–Crippen LogP) is 1.71. The standard InChI is InChI=1S/C13H15N3O2S/c1-18-12-6-9(14)2-3-11(12)13(17)15-5-4-10-7-19-8-16-10/h2-3,6-8H,4-5,14H2,1H3,(H,15,17). The number of rotatable bonds is 5. The summed E-state index contributed by atoms with van der Waals surface area (Å²) in [5.74, 6) is 0.304. The molecule has 3 N–H and O–H groups in total. The molecule has 100 valence electrons. The van der Waals surface area contributed by atoms with Crippen LogP contribution in [-0.2, 0) is 6.42 Å². The lowest BCUT2D eigenvalue weighted by Gasteiger charge is -2.09. The zero-order chi connectivity index (χ0) is 13.7. The van der Waals surface area contributed by atoms with Crippen LogP contribution in [0.2, 0.25) is 0 Å². The summed E-state index contributed by atoms with van der Waals surface area (Å²) in [5, 5.41) is 4.80. The van der Waals surface area contributed by atoms with Crippen LogP contribution in [-0.4, -0.2) is 24.5 Å². The van der Waals surface area contributed by atoms with Crippen molar-refractivity contribution in [2.24, 2.45) is 0 Å². The molecule has 0 saturated heterocycles. The van der Waals surface area contributed by atoms with Gasteiger partial charge in [-0.2, -0.15) is 0 Å². The molecule has 1 amide bonds. The number of nitrogens with zero attached hydrogens (tertiary/aromatic N) is 1. The molecule has 0 bridgehead atoms. The highest BCUT2D eigenvalue weighted by atomic mass is 32.1. The van der Waals surface area contributed by atoms with Gasteiger partial charge in [-0.25, -0.2) is 4.98 Å². The van der Waals surface area contributed by atoms with Crippen LogP contribution >= 0.6 is 11.3 Å². The van der Waals surface area contributed by atoms with Crippen LogP contribution in [0.1, 0.15) is 16.1 Å². The number of amides is 1. The molecule has 2 rings (SSSR count). The predicted molar refractivity (Wildman–Crippen MR) is 75.6 cm³/mol. The van der Waals surface area contributed by atoms with Crippen molar-refractivity contribution in [3.8, 4) is 5.75 Å². The fourth-order valence-electron chi connectivity index (χ4n) is 1.66. The van der Waals surface area contributed by atoms with Crippen molar-refractivity contribution in [3.63, 3.8) is 0 Å². The molecule has 6 heteroatoms. The van der Waals surface area contributed by atoms with Crippen molar-refractivity contribution in [2.45, 2.75) is 6.42 Å². The lowest BCUT2D eigenvalue weighted by Crippen LogP contribution is -2.26. The molecule has 2 aromatic rings. The second-order valence-electron chi connectivity index (χ2n) is 3.95. The highest BCUT2D eigenvalue weighted by Crippen LogP contribution is 2.21. The van der Waals surface area contributed by atoms with Gasteiger partial charge in [-0.3, -0.25) is 4.79 Å². The molecule has 1 aromatic carbocycles. The molecule has 0 saturated carbocycles. The van der Waals surface area contributed by atoms with E-state index in [9.17, 15) is 4.79 Å². The highest BCUT2D eigenvalue weighted by molar-refractivity contribution is 7.07. The first-order valence-electron chi connectivity index (χ1n) is 5.79. The molecular formula is C13H15N3O2S. The number of benzene rings is 1. The van der Waals surface area contributed by atoms with Crippen LogP contribution in [0.4, 0.5) is 5.69 Å². The van der Waals surface area contributed by atoms with Gasteiger partial charge in [-0.15, -0.1) is 11.3 Å². The van der Waals surface area contributed by atoms with E-state index in [1.807, 2.05) is 5.38 Å². The van der Waals surface area contributed by atoms with E-state index in [4.69, 9.17) is 10.5 Å². The molecule has 0 unspecified atom stereocenters. The normalized spacial score (nSPS) is 10.2. The van der Waals surface area contributed by atoms with E-state index in [1.54, 1.807) is 35.0 Å². The maximum absolute atomic E-state index is 12.0. The van der Waals surface area contributed by atoms with Crippen LogP contribution in [0.5, 0.6) is 5.75 Å². The van der Waals surface area contributed by atoms with Gasteiger partial charge in [0.25, 0.3) is 5.91 Å². The largest absolute Gasteiger partial charge is 0.496 e. The summed E-state index contributed by atoms with van der Waals surface area (Å²) in [6, 6.07) is 4.97. The van der Waals surface area contributed by atoms with Crippen LogP contribution in [0.15, 0.2) is 29.1 Å². The van der Waals surface area contributed by atoms with Gasteiger partial charge in [-0.1, -0.05) is 0 Å². The lowest BCUT2D eigenvalue weighted by atomic mass is 10.1. The van der Waals surface area contributed by atoms with Crippen LogP contribution in [0.3, 0.4) is 0 Å². The molecule has 5 nitrogen and oxygen atoms in total. The Labute approximate surface area is 115 Å². The van der Waals surface area contributed by atoms with E-state index < -0.39 is 0 Å². The summed E-state index contributed by atoms with van der Waals surface area (Å²) in [4.78, 5) is 16.2. The molecule has 0 atom stereocenters. The molecular weight excluding hydrogens is 262 g/mol. The van der Waals surface area contributed by atoms with Gasteiger partial charge in [0, 0.05) is 30.1 Å². The maximum atomic E-state index is 12.0. The molecule has 19 heavy (non-hydrogen) atoms. The number of nitrogen functional groups attached to an aromatic ring is 1. The second kappa shape index (κ2) is 6.19. The first-order valence-corrected chi connectivity index (χ1v) is 6.74. The summed E-state index contributed by atoms with van der Waals surface area (Å²) in [6.45, 7) is 0.538. The number of carbonyl (C=O) groups is 1. The average Bonchev–Trinajstić information content (AvgIpc) is 2.91. The van der Waals surface area contributed by atoms with E-state index in [0.29, 0.717) is 30.0 Å². The second-order valence-corrected chi connectivity index (χ2v) is 4.66. The Bertz CT molecular complexity index is 555. The van der Waals surface area contributed by atoms with Gasteiger partial charge in [0.05, 0.1) is 23.9 Å². The number of carbonyl (C=O) groups excluding carboxylic acids is 1. The third kappa shape index (κ3) is 3.45. The molecule has 1 aromatic heterocycles. The zero-order valence-electron chi connectivity index (χ0n) is 10.6. The minimum atomic E-state index is -0.174. The van der Waals surface area contributed by atoms with Crippen molar-refractivity contribution < 1.29 is 9.53 Å². The third-order valence-electron chi connectivity index (χ3n) is 2.62. The quantitative estimate of drug-likeness (QED) is 0.816. The number of hydrogen-bond donors (Lipinski definition) is 2. The fraction of sp³-hybridized carbons (Fsp3) is 0.231. The van der Waals surface area contributed by atoms with Gasteiger partial charge in [0.1, 0.15) is 5.75 Å². The van der Waals surface area contributed by atoms with Gasteiger partial charge >= 0.3 is 0 Å². The molecule has 0 radical (unpaired) electrons. The summed E-state index contributed by atoms with van der Waals surface area (Å²) in [7, 11) is 1.51. The van der Waals surface area contributed by atoms with Crippen molar-refractivity contribution in [1.29, 1.82) is 0 Å². The summed E-state index contributed by atoms with van der Waals surface area (Å²) >= 11 is 1.54. The minimum absolute atomic E-state index is 0.174. The van der Waals surface area contributed by atoms with Crippen LogP contribution < -0.4 is 15.8 Å². The Hall–Kier alpha value is -2.08. The first kappa shape index (κ1) is 13.4. The Morgan fingerprint density at radius 1 is 1.53 bits per heavy atom. The Morgan fingerprint density at radius 3 is 3.05 bits per heavy atom. The van der Waals surface area contributed by atoms with E-state index in [0.717, 1.165) is 5.69 Å². The zero-order valence-corrected chi connectivity index (χ0v) is 11.4. The average molecular weight is 277 g/mol. The number of nitrogens with one attached hydrogen (secondary N) is 1. The van der Waals surface area contributed by atoms with Crippen LogP contribution in [0.25, 0.3) is 0 Å². The molecule has 0 aliphatic carbocycles. The van der Waals surface area contributed by atoms with Crippen molar-refractivity contribution in [3.05, 3.63) is 40.3 Å². The molecule has 0 fully saturated rings. The molecule has 0 aliphatic heterocycles. The minimum Gasteiger partial charge on any atom is -0.496 e. The number of thiazole rings is 1. The topological polar surface area (TPSA) is 77.2 Å². The van der Waals surface area contributed by atoms with E-state index in [1.165, 1.54) is 7.11 Å². The Kier molecular flexibility index (Phi) is 4.35. The molecule has 0 spiro atoms. The van der Waals surface area contributed by atoms with Crippen molar-refractivity contribution >= 4 is 22.9 Å². The van der Waals surface area contributed by atoms with Gasteiger partial charge in [0.15, 0.2) is 0 Å². The fourth-order valence-corrected chi connectivity index (χ4v) is 2.25. The summed E-state index contributed by atoms with van der Waals surface area (Å²) in [6.07, 6.45) is 0.715. The summed E-state index contributed by atoms with van der Waals surface area (Å²) < 4.78 is 5.15. The number of hydrogen-bond acceptors (Lipinski definition) is 5. The highest BCUT2D eigenvalue weighted by Gasteiger charge is 2.11. The van der Waals surface area contributed by atoms with Crippen molar-refractivity contribution in [2.75, 3.05) is 19.4 Å². The van der Waals surface area contributed by atoms with Crippen molar-refractivity contribution in [1.82, 2.24) is 10.3 Å². The van der Waals surface area contributed by atoms with Gasteiger partial charge < -0.3 is 15.8 Å². The van der Waals surface area contributed by atoms with E-state index >= 15 is 0 Å². The van der Waals surface area contributed by atoms with Crippen LogP contribution in [0, 0.1) is 0 Å². The number of anilines is 1. The number of aromatic nitrogens is 1. The molecule has 1 heterocycles. The number of ether oxygens (including phenoxy) is 1. The summed E-state index contributed by atoms with van der Waals surface area (Å²) in [5.41, 5.74) is 9.45. The number of nitrogens with two attached hydrogens (primary N) is 1. The van der Waals surface area contributed by atoms with Gasteiger partial charge in [-0.05, 0) is 12.1 Å². The Morgan fingerprint density at radius 2 is 2.37 bits per heavy atom. The van der Waals surface area contributed by atoms with Gasteiger partial charge in [0.2, 0.25) is 0 Å². The first-order chi connectivity index (χ1) is 9.20. The number of methoxy groups -OCH3 is 1. The Balaban J connectivity index is 1.96. The lowest BCUT2D eigenvalue weighted by molar-refractivity contribution is 0.0951. The van der Waals surface area contributed by atoms with E-state index in [-0.39, 0.29) is 5.91 Å². The maximum Gasteiger partial charge on any atom is 0.255 e.